The molecule has 3 nitrogen and oxygen atoms in total. The summed E-state index contributed by atoms with van der Waals surface area (Å²) in [6.45, 7) is 0. The number of allylic oxidation sites excluding steroid dienone is 4. The van der Waals surface area contributed by atoms with Gasteiger partial charge in [0.05, 0.1) is 0 Å². The smallest absolute Gasteiger partial charge is 0.178 e. The van der Waals surface area contributed by atoms with Crippen LogP contribution in [0.2, 0.25) is 0 Å². The number of hydrogen-bond donors (Lipinski definition) is 0. The van der Waals surface area contributed by atoms with Crippen molar-refractivity contribution in [2.75, 3.05) is 0 Å². The third kappa shape index (κ3) is 4.82. The number of hydrogen-bond acceptors (Lipinski definition) is 3. The van der Waals surface area contributed by atoms with Crippen LogP contribution in [0.4, 0.5) is 0 Å². The Bertz CT molecular complexity index is 629. The van der Waals surface area contributed by atoms with Gasteiger partial charge in [-0.05, 0) is 41.5 Å². The Morgan fingerprint density at radius 3 is 2.10 bits per heavy atom. The maximum Gasteiger partial charge on any atom is 0.178 e. The van der Waals surface area contributed by atoms with Crippen LogP contribution in [0.5, 0.6) is 0 Å². The van der Waals surface area contributed by atoms with E-state index in [0.717, 1.165) is 11.1 Å². The highest BCUT2D eigenvalue weighted by atomic mass is 16.1. The molecule has 0 unspecified atom stereocenters. The van der Waals surface area contributed by atoms with E-state index in [1.807, 2.05) is 36.4 Å². The zero-order chi connectivity index (χ0) is 14.0. The normalized spacial score (nSPS) is 11.6. The summed E-state index contributed by atoms with van der Waals surface area (Å²) >= 11 is 0. The van der Waals surface area contributed by atoms with E-state index in [0.29, 0.717) is 0 Å². The van der Waals surface area contributed by atoms with Gasteiger partial charge in [-0.1, -0.05) is 30.4 Å². The zero-order valence-corrected chi connectivity index (χ0v) is 10.9. The molecule has 0 aromatic carbocycles. The fraction of sp³-hybridized carbons (Fsp3) is 0. The molecule has 0 amide bonds. The second-order valence-electron chi connectivity index (χ2n) is 4.03. The largest absolute Gasteiger partial charge is 0.290 e. The number of carbonyl (C=O) groups is 1. The Hall–Kier alpha value is -2.81. The molecule has 0 aliphatic rings. The summed E-state index contributed by atoms with van der Waals surface area (Å²) in [6, 6.07) is 7.53. The molecule has 2 aromatic rings. The average molecular weight is 262 g/mol. The summed E-state index contributed by atoms with van der Waals surface area (Å²) < 4.78 is 0. The zero-order valence-electron chi connectivity index (χ0n) is 10.9. The topological polar surface area (TPSA) is 42.9 Å². The van der Waals surface area contributed by atoms with Gasteiger partial charge in [0.2, 0.25) is 0 Å². The van der Waals surface area contributed by atoms with Crippen molar-refractivity contribution in [3.8, 4) is 0 Å². The third-order valence-corrected chi connectivity index (χ3v) is 2.47. The highest BCUT2D eigenvalue weighted by Gasteiger charge is 1.89. The summed E-state index contributed by atoms with van der Waals surface area (Å²) in [7, 11) is 0. The van der Waals surface area contributed by atoms with E-state index in [9.17, 15) is 4.79 Å². The van der Waals surface area contributed by atoms with Gasteiger partial charge in [0.25, 0.3) is 0 Å². The van der Waals surface area contributed by atoms with Crippen molar-refractivity contribution in [1.82, 2.24) is 9.97 Å². The Labute approximate surface area is 118 Å². The van der Waals surface area contributed by atoms with Gasteiger partial charge in [0.15, 0.2) is 5.78 Å². The highest BCUT2D eigenvalue weighted by molar-refractivity contribution is 6.02. The minimum Gasteiger partial charge on any atom is -0.290 e. The summed E-state index contributed by atoms with van der Waals surface area (Å²) in [5.41, 5.74) is 1.90. The standard InChI is InChI=1S/C17H14N2O/c20-17(10-9-16-7-4-12-19-14-16)8-2-1-5-15-6-3-11-18-13-15/h1-14H/b5-1+,8-2+,10-9+. The summed E-state index contributed by atoms with van der Waals surface area (Å²) in [5, 5.41) is 0. The Morgan fingerprint density at radius 1 is 0.850 bits per heavy atom. The van der Waals surface area contributed by atoms with E-state index in [4.69, 9.17) is 0 Å². The van der Waals surface area contributed by atoms with E-state index in [-0.39, 0.29) is 5.78 Å². The van der Waals surface area contributed by atoms with Crippen molar-refractivity contribution in [3.05, 3.63) is 84.5 Å². The van der Waals surface area contributed by atoms with Gasteiger partial charge in [-0.2, -0.15) is 0 Å². The Morgan fingerprint density at radius 2 is 1.50 bits per heavy atom. The lowest BCUT2D eigenvalue weighted by molar-refractivity contribution is -0.110. The van der Waals surface area contributed by atoms with Crippen molar-refractivity contribution in [3.63, 3.8) is 0 Å². The van der Waals surface area contributed by atoms with Gasteiger partial charge in [0, 0.05) is 24.8 Å². The molecule has 0 aliphatic carbocycles. The lowest BCUT2D eigenvalue weighted by Gasteiger charge is -1.89. The van der Waals surface area contributed by atoms with Crippen LogP contribution in [0.15, 0.2) is 73.4 Å². The monoisotopic (exact) mass is 262 g/mol. The summed E-state index contributed by atoms with van der Waals surface area (Å²) in [4.78, 5) is 19.6. The van der Waals surface area contributed by atoms with Crippen molar-refractivity contribution >= 4 is 17.9 Å². The van der Waals surface area contributed by atoms with Crippen LogP contribution in [0.25, 0.3) is 12.2 Å². The van der Waals surface area contributed by atoms with Crippen LogP contribution in [0, 0.1) is 0 Å². The number of ketones is 1. The first kappa shape index (κ1) is 13.6. The molecule has 0 saturated heterocycles. The molecule has 0 spiro atoms. The van der Waals surface area contributed by atoms with Crippen LogP contribution >= 0.6 is 0 Å². The molecule has 0 saturated carbocycles. The fourth-order valence-electron chi connectivity index (χ4n) is 1.50. The minimum absolute atomic E-state index is 0.0651. The SMILES string of the molecule is O=C(/C=C/C=C/c1cccnc1)/C=C/c1cccnc1. The van der Waals surface area contributed by atoms with Crippen LogP contribution in [0.3, 0.4) is 0 Å². The number of rotatable bonds is 5. The molecule has 20 heavy (non-hydrogen) atoms. The molecule has 98 valence electrons. The van der Waals surface area contributed by atoms with Crippen LogP contribution in [-0.4, -0.2) is 15.8 Å². The highest BCUT2D eigenvalue weighted by Crippen LogP contribution is 2.00. The number of pyridine rings is 2. The Balaban J connectivity index is 1.87. The molecule has 0 bridgehead atoms. The molecule has 3 heteroatoms. The first-order valence-corrected chi connectivity index (χ1v) is 6.21. The second-order valence-corrected chi connectivity index (χ2v) is 4.03. The van der Waals surface area contributed by atoms with Gasteiger partial charge in [0.1, 0.15) is 0 Å². The number of aromatic nitrogens is 2. The van der Waals surface area contributed by atoms with Crippen molar-refractivity contribution in [2.45, 2.75) is 0 Å². The van der Waals surface area contributed by atoms with E-state index in [2.05, 4.69) is 9.97 Å². The third-order valence-electron chi connectivity index (χ3n) is 2.47. The first-order chi connectivity index (χ1) is 9.84. The molecule has 0 fully saturated rings. The minimum atomic E-state index is -0.0651. The van der Waals surface area contributed by atoms with Gasteiger partial charge >= 0.3 is 0 Å². The van der Waals surface area contributed by atoms with Gasteiger partial charge in [-0.15, -0.1) is 0 Å². The van der Waals surface area contributed by atoms with Crippen molar-refractivity contribution in [1.29, 1.82) is 0 Å². The molecular weight excluding hydrogens is 248 g/mol. The van der Waals surface area contributed by atoms with Gasteiger partial charge in [-0.25, -0.2) is 0 Å². The summed E-state index contributed by atoms with van der Waals surface area (Å²) in [5.74, 6) is -0.0651. The number of carbonyl (C=O) groups excluding carboxylic acids is 1. The lowest BCUT2D eigenvalue weighted by Crippen LogP contribution is -1.84. The van der Waals surface area contributed by atoms with Crippen molar-refractivity contribution in [2.24, 2.45) is 0 Å². The van der Waals surface area contributed by atoms with Gasteiger partial charge in [-0.3, -0.25) is 14.8 Å². The van der Waals surface area contributed by atoms with Crippen molar-refractivity contribution < 1.29 is 4.79 Å². The molecule has 0 aliphatic heterocycles. The maximum atomic E-state index is 11.6. The molecule has 2 aromatic heterocycles. The van der Waals surface area contributed by atoms with E-state index < -0.39 is 0 Å². The molecule has 0 atom stereocenters. The van der Waals surface area contributed by atoms with E-state index >= 15 is 0 Å². The second kappa shape index (κ2) is 7.59. The van der Waals surface area contributed by atoms with Crippen LogP contribution in [0.1, 0.15) is 11.1 Å². The van der Waals surface area contributed by atoms with Gasteiger partial charge < -0.3 is 0 Å². The molecular formula is C17H14N2O. The van der Waals surface area contributed by atoms with E-state index in [1.165, 1.54) is 12.2 Å². The lowest BCUT2D eigenvalue weighted by atomic mass is 10.2. The Kier molecular flexibility index (Phi) is 5.17. The first-order valence-electron chi connectivity index (χ1n) is 6.21. The molecule has 2 heterocycles. The fourth-order valence-corrected chi connectivity index (χ4v) is 1.50. The molecule has 0 radical (unpaired) electrons. The van der Waals surface area contributed by atoms with E-state index in [1.54, 1.807) is 36.9 Å². The van der Waals surface area contributed by atoms with Crippen LogP contribution < -0.4 is 0 Å². The maximum absolute atomic E-state index is 11.6. The predicted octanol–water partition coefficient (Wildman–Crippen LogP) is 3.33. The molecule has 2 rings (SSSR count). The summed E-state index contributed by atoms with van der Waals surface area (Å²) in [6.07, 6.45) is 17.1. The molecule has 0 N–H and O–H groups in total. The number of nitrogens with zero attached hydrogens (tertiary/aromatic N) is 2. The quantitative estimate of drug-likeness (QED) is 0.613. The average Bonchev–Trinajstić information content (AvgIpc) is 2.52. The van der Waals surface area contributed by atoms with Crippen LogP contribution in [-0.2, 0) is 4.79 Å². The predicted molar refractivity (Wildman–Crippen MR) is 80.7 cm³/mol.